The molecule has 0 aliphatic rings. The molecule has 0 radical (unpaired) electrons. The van der Waals surface area contributed by atoms with Crippen LogP contribution in [0.25, 0.3) is 0 Å². The van der Waals surface area contributed by atoms with Gasteiger partial charge in [0.1, 0.15) is 13.2 Å². The Bertz CT molecular complexity index is 1050. The molecule has 0 aromatic rings. The molecule has 0 N–H and O–H groups in total. The van der Waals surface area contributed by atoms with Crippen molar-refractivity contribution >= 4 is 17.9 Å². The number of carbonyl (C=O) groups excluding carboxylic acids is 3. The number of carbonyl (C=O) groups is 3. The Morgan fingerprint density at radius 2 is 0.719 bits per heavy atom. The maximum Gasteiger partial charge on any atom is 0.306 e. The molecular formula is C51H88O6. The molecule has 328 valence electrons. The number of allylic oxidation sites excluding steroid dienone is 10. The molecule has 0 heterocycles. The number of ether oxygens (including phenoxy) is 3. The van der Waals surface area contributed by atoms with Gasteiger partial charge in [-0.2, -0.15) is 0 Å². The third kappa shape index (κ3) is 44.1. The largest absolute Gasteiger partial charge is 0.462 e. The Balaban J connectivity index is 4.40. The second kappa shape index (κ2) is 45.8. The van der Waals surface area contributed by atoms with E-state index in [9.17, 15) is 14.4 Å². The molecule has 0 rings (SSSR count). The molecule has 6 nitrogen and oxygen atoms in total. The van der Waals surface area contributed by atoms with Gasteiger partial charge < -0.3 is 14.2 Å². The van der Waals surface area contributed by atoms with Gasteiger partial charge in [0.25, 0.3) is 0 Å². The Labute approximate surface area is 351 Å². The van der Waals surface area contributed by atoms with Crippen molar-refractivity contribution in [1.82, 2.24) is 0 Å². The smallest absolute Gasteiger partial charge is 0.306 e. The molecule has 1 atom stereocenters. The van der Waals surface area contributed by atoms with E-state index in [1.165, 1.54) is 103 Å². The highest BCUT2D eigenvalue weighted by atomic mass is 16.6. The number of rotatable bonds is 42. The molecule has 0 spiro atoms. The summed E-state index contributed by atoms with van der Waals surface area (Å²) in [6, 6.07) is 0. The molecule has 6 heteroatoms. The van der Waals surface area contributed by atoms with Crippen LogP contribution in [0.3, 0.4) is 0 Å². The lowest BCUT2D eigenvalue weighted by Crippen LogP contribution is -2.30. The molecule has 0 aliphatic carbocycles. The van der Waals surface area contributed by atoms with E-state index in [1.807, 2.05) is 18.2 Å². The predicted octanol–water partition coefficient (Wildman–Crippen LogP) is 15.3. The fourth-order valence-electron chi connectivity index (χ4n) is 6.51. The quantitative estimate of drug-likeness (QED) is 0.0201. The average molecular weight is 797 g/mol. The van der Waals surface area contributed by atoms with Crippen molar-refractivity contribution in [3.8, 4) is 0 Å². The van der Waals surface area contributed by atoms with Gasteiger partial charge in [-0.05, 0) is 57.8 Å². The van der Waals surface area contributed by atoms with E-state index < -0.39 is 6.10 Å². The summed E-state index contributed by atoms with van der Waals surface area (Å²) in [6.45, 7) is 6.42. The van der Waals surface area contributed by atoms with E-state index >= 15 is 0 Å². The van der Waals surface area contributed by atoms with Crippen LogP contribution in [-0.2, 0) is 28.6 Å². The summed E-state index contributed by atoms with van der Waals surface area (Å²) in [7, 11) is 0. The minimum Gasteiger partial charge on any atom is -0.462 e. The van der Waals surface area contributed by atoms with Crippen molar-refractivity contribution in [3.05, 3.63) is 60.8 Å². The molecule has 0 aromatic heterocycles. The number of hydrogen-bond donors (Lipinski definition) is 0. The zero-order valence-electron chi connectivity index (χ0n) is 37.3. The van der Waals surface area contributed by atoms with Crippen molar-refractivity contribution in [2.24, 2.45) is 0 Å². The van der Waals surface area contributed by atoms with Crippen molar-refractivity contribution in [3.63, 3.8) is 0 Å². The standard InChI is InChI=1S/C51H88O6/c1-4-7-10-13-16-19-21-23-25-27-29-32-35-38-41-44-50(53)56-47-48(46-55-49(52)43-40-37-34-31-18-15-12-9-6-3)57-51(54)45-42-39-36-33-30-28-26-24-22-20-17-14-11-8-5-2/h7,10,13,16,19,21,23,25,31,34,48H,4-6,8-9,11-12,14-15,17-18,20,22,24,26-30,32-33,35-47H2,1-3H3/b10-7-,16-13-,21-19-,25-23-,34-31-. The van der Waals surface area contributed by atoms with Crippen LogP contribution in [0, 0.1) is 0 Å². The summed E-state index contributed by atoms with van der Waals surface area (Å²) in [5, 5.41) is 0. The lowest BCUT2D eigenvalue weighted by atomic mass is 10.0. The summed E-state index contributed by atoms with van der Waals surface area (Å²) >= 11 is 0. The van der Waals surface area contributed by atoms with Gasteiger partial charge in [0, 0.05) is 19.3 Å². The monoisotopic (exact) mass is 797 g/mol. The van der Waals surface area contributed by atoms with E-state index in [2.05, 4.69) is 63.3 Å². The van der Waals surface area contributed by atoms with Gasteiger partial charge in [0.15, 0.2) is 6.10 Å². The second-order valence-corrected chi connectivity index (χ2v) is 15.7. The first-order valence-electron chi connectivity index (χ1n) is 23.8. The van der Waals surface area contributed by atoms with E-state index in [0.717, 1.165) is 77.0 Å². The Morgan fingerprint density at radius 1 is 0.368 bits per heavy atom. The highest BCUT2D eigenvalue weighted by molar-refractivity contribution is 5.71. The van der Waals surface area contributed by atoms with Gasteiger partial charge in [-0.15, -0.1) is 0 Å². The van der Waals surface area contributed by atoms with Crippen LogP contribution < -0.4 is 0 Å². The fourth-order valence-corrected chi connectivity index (χ4v) is 6.51. The molecule has 0 saturated heterocycles. The summed E-state index contributed by atoms with van der Waals surface area (Å²) in [5.41, 5.74) is 0. The zero-order chi connectivity index (χ0) is 41.5. The second-order valence-electron chi connectivity index (χ2n) is 15.7. The molecular weight excluding hydrogens is 709 g/mol. The molecule has 0 fully saturated rings. The van der Waals surface area contributed by atoms with Gasteiger partial charge in [-0.3, -0.25) is 14.4 Å². The van der Waals surface area contributed by atoms with Gasteiger partial charge in [0.05, 0.1) is 0 Å². The minimum atomic E-state index is -0.790. The molecule has 57 heavy (non-hydrogen) atoms. The van der Waals surface area contributed by atoms with E-state index in [0.29, 0.717) is 25.7 Å². The average Bonchev–Trinajstić information content (AvgIpc) is 3.21. The number of hydrogen-bond acceptors (Lipinski definition) is 6. The van der Waals surface area contributed by atoms with Gasteiger partial charge in [0.2, 0.25) is 0 Å². The topological polar surface area (TPSA) is 78.9 Å². The Kier molecular flexibility index (Phi) is 43.5. The Hall–Kier alpha value is -2.89. The van der Waals surface area contributed by atoms with Crippen molar-refractivity contribution < 1.29 is 28.6 Å². The van der Waals surface area contributed by atoms with E-state index in [-0.39, 0.29) is 31.1 Å². The van der Waals surface area contributed by atoms with Crippen LogP contribution in [0.5, 0.6) is 0 Å². The molecule has 0 amide bonds. The lowest BCUT2D eigenvalue weighted by Gasteiger charge is -2.18. The Morgan fingerprint density at radius 3 is 1.21 bits per heavy atom. The highest BCUT2D eigenvalue weighted by Crippen LogP contribution is 2.15. The van der Waals surface area contributed by atoms with Crippen LogP contribution in [0.4, 0.5) is 0 Å². The van der Waals surface area contributed by atoms with E-state index in [4.69, 9.17) is 14.2 Å². The maximum absolute atomic E-state index is 12.7. The minimum absolute atomic E-state index is 0.0938. The zero-order valence-corrected chi connectivity index (χ0v) is 37.3. The van der Waals surface area contributed by atoms with Crippen LogP contribution in [0.2, 0.25) is 0 Å². The van der Waals surface area contributed by atoms with Gasteiger partial charge >= 0.3 is 17.9 Å². The molecule has 0 aromatic carbocycles. The third-order valence-corrected chi connectivity index (χ3v) is 10.1. The van der Waals surface area contributed by atoms with Crippen LogP contribution >= 0.6 is 0 Å². The van der Waals surface area contributed by atoms with Crippen molar-refractivity contribution in [2.45, 2.75) is 232 Å². The normalized spacial score (nSPS) is 12.5. The number of unbranched alkanes of at least 4 members (excludes halogenated alkanes) is 24. The van der Waals surface area contributed by atoms with Gasteiger partial charge in [-0.25, -0.2) is 0 Å². The summed E-state index contributed by atoms with van der Waals surface area (Å²) in [6.07, 6.45) is 55.0. The SMILES string of the molecule is CC\C=C/C=C\C=C/C=C\CCCCCCCC(=O)OCC(COC(=O)CCC/C=C\CCCCCC)OC(=O)CCCCCCCCCCCCCCCCC. The fraction of sp³-hybridized carbons (Fsp3) is 0.745. The lowest BCUT2D eigenvalue weighted by molar-refractivity contribution is -0.167. The summed E-state index contributed by atoms with van der Waals surface area (Å²) in [5.74, 6) is -0.950. The first-order valence-corrected chi connectivity index (χ1v) is 23.8. The van der Waals surface area contributed by atoms with Crippen LogP contribution in [0.1, 0.15) is 226 Å². The van der Waals surface area contributed by atoms with Crippen molar-refractivity contribution in [1.29, 1.82) is 0 Å². The summed E-state index contributed by atoms with van der Waals surface area (Å²) in [4.78, 5) is 37.7. The van der Waals surface area contributed by atoms with E-state index in [1.54, 1.807) is 0 Å². The molecule has 0 bridgehead atoms. The third-order valence-electron chi connectivity index (χ3n) is 10.1. The molecule has 0 aliphatic heterocycles. The first kappa shape index (κ1) is 54.1. The first-order chi connectivity index (χ1) is 28.0. The number of esters is 3. The maximum atomic E-state index is 12.7. The highest BCUT2D eigenvalue weighted by Gasteiger charge is 2.19. The van der Waals surface area contributed by atoms with Crippen molar-refractivity contribution in [2.75, 3.05) is 13.2 Å². The summed E-state index contributed by atoms with van der Waals surface area (Å²) < 4.78 is 16.7. The molecule has 1 unspecified atom stereocenters. The van der Waals surface area contributed by atoms with Crippen LogP contribution in [0.15, 0.2) is 60.8 Å². The van der Waals surface area contributed by atoms with Gasteiger partial charge in [-0.1, -0.05) is 210 Å². The van der Waals surface area contributed by atoms with Crippen LogP contribution in [-0.4, -0.2) is 37.2 Å². The predicted molar refractivity (Wildman–Crippen MR) is 242 cm³/mol. The molecule has 0 saturated carbocycles.